The Hall–Kier alpha value is -3.53. The Bertz CT molecular complexity index is 1230. The number of aromatic nitrogens is 5. The molecular weight excluding hydrogens is 403 g/mol. The molecule has 3 heterocycles. The van der Waals surface area contributed by atoms with Gasteiger partial charge in [-0.3, -0.25) is 4.68 Å². The van der Waals surface area contributed by atoms with Gasteiger partial charge in [0.25, 0.3) is 0 Å². The third-order valence-electron chi connectivity index (χ3n) is 5.95. The molecule has 4 unspecified atom stereocenters. The van der Waals surface area contributed by atoms with E-state index in [4.69, 9.17) is 4.74 Å². The predicted octanol–water partition coefficient (Wildman–Crippen LogP) is 1.58. The Balaban J connectivity index is 1.68. The van der Waals surface area contributed by atoms with Gasteiger partial charge in [0, 0.05) is 30.3 Å². The molecule has 31 heavy (non-hydrogen) atoms. The smallest absolute Gasteiger partial charge is 0.334 e. The molecule has 0 radical (unpaired) electrons. The number of fused-ring (bicyclic) bond motifs is 2. The van der Waals surface area contributed by atoms with Crippen molar-refractivity contribution in [2.75, 3.05) is 7.11 Å². The van der Waals surface area contributed by atoms with Crippen LogP contribution in [-0.2, 0) is 16.6 Å². The first-order valence-electron chi connectivity index (χ1n) is 9.87. The van der Waals surface area contributed by atoms with Crippen molar-refractivity contribution < 1.29 is 19.0 Å². The number of methoxy groups -OCH3 is 1. The fraction of sp³-hybridized carbons (Fsp3) is 0.333. The number of piperidine rings is 1. The zero-order chi connectivity index (χ0) is 21.7. The van der Waals surface area contributed by atoms with Gasteiger partial charge in [0.05, 0.1) is 42.5 Å². The summed E-state index contributed by atoms with van der Waals surface area (Å²) in [4.78, 5) is 24.1. The highest BCUT2D eigenvalue weighted by Crippen LogP contribution is 2.45. The number of nitrogens with one attached hydrogen (secondary N) is 2. The van der Waals surface area contributed by atoms with Crippen LogP contribution in [0, 0.1) is 0 Å². The fourth-order valence-electron chi connectivity index (χ4n) is 4.53. The maximum atomic E-state index is 14.5. The van der Waals surface area contributed by atoms with E-state index in [0.717, 1.165) is 16.6 Å². The maximum Gasteiger partial charge on any atom is 0.334 e. The third kappa shape index (κ3) is 3.10. The second-order valence-corrected chi connectivity index (χ2v) is 7.70. The molecule has 5 rings (SSSR count). The zero-order valence-corrected chi connectivity index (χ0v) is 16.9. The largest absolute Gasteiger partial charge is 0.466 e. The summed E-state index contributed by atoms with van der Waals surface area (Å²) in [6.45, 7) is 0. The van der Waals surface area contributed by atoms with Crippen molar-refractivity contribution in [3.63, 3.8) is 0 Å². The molecule has 1 aromatic carbocycles. The van der Waals surface area contributed by atoms with Gasteiger partial charge >= 0.3 is 5.97 Å². The molecule has 1 aliphatic heterocycles. The van der Waals surface area contributed by atoms with E-state index in [1.165, 1.54) is 19.5 Å². The van der Waals surface area contributed by atoms with Crippen LogP contribution in [0.1, 0.15) is 29.8 Å². The predicted molar refractivity (Wildman–Crippen MR) is 108 cm³/mol. The number of aromatic amines is 1. The van der Waals surface area contributed by atoms with Gasteiger partial charge in [-0.15, -0.1) is 0 Å². The first kappa shape index (κ1) is 19.4. The summed E-state index contributed by atoms with van der Waals surface area (Å²) in [5.74, 6) is -0.707. The number of hydrogen-bond donors (Lipinski definition) is 3. The van der Waals surface area contributed by atoms with Crippen LogP contribution in [0.3, 0.4) is 0 Å². The van der Waals surface area contributed by atoms with Crippen LogP contribution in [0.4, 0.5) is 4.39 Å². The lowest BCUT2D eigenvalue weighted by Gasteiger charge is -2.42. The van der Waals surface area contributed by atoms with Crippen LogP contribution in [-0.4, -0.2) is 55.2 Å². The van der Waals surface area contributed by atoms with Gasteiger partial charge in [-0.2, -0.15) is 5.10 Å². The number of rotatable bonds is 3. The maximum absolute atomic E-state index is 14.5. The molecule has 9 nitrogen and oxygen atoms in total. The molecule has 0 spiro atoms. The van der Waals surface area contributed by atoms with Crippen LogP contribution < -0.4 is 5.32 Å². The van der Waals surface area contributed by atoms with Crippen LogP contribution in [0.25, 0.3) is 11.0 Å². The minimum atomic E-state index is -1.37. The number of aryl methyl sites for hydroxylation is 1. The number of hydrogen-bond acceptors (Lipinski definition) is 7. The molecule has 1 aliphatic carbocycles. The number of carbonyl (C=O) groups is 1. The lowest BCUT2D eigenvalue weighted by atomic mass is 9.75. The fourth-order valence-corrected chi connectivity index (χ4v) is 4.53. The molecule has 10 heteroatoms. The molecule has 0 saturated carbocycles. The zero-order valence-electron chi connectivity index (χ0n) is 16.9. The van der Waals surface area contributed by atoms with Crippen LogP contribution in [0.15, 0.2) is 53.8 Å². The normalized spacial score (nSPS) is 25.7. The van der Waals surface area contributed by atoms with Gasteiger partial charge in [-0.25, -0.2) is 19.2 Å². The molecule has 1 fully saturated rings. The Morgan fingerprint density at radius 2 is 2.19 bits per heavy atom. The van der Waals surface area contributed by atoms with Crippen molar-refractivity contribution in [1.29, 1.82) is 0 Å². The lowest BCUT2D eigenvalue weighted by molar-refractivity contribution is -0.136. The van der Waals surface area contributed by atoms with E-state index in [0.29, 0.717) is 17.1 Å². The minimum absolute atomic E-state index is 0.127. The number of H-pyrrole nitrogens is 1. The van der Waals surface area contributed by atoms with Crippen molar-refractivity contribution >= 4 is 17.0 Å². The number of ether oxygens (including phenoxy) is 1. The highest BCUT2D eigenvalue weighted by molar-refractivity contribution is 5.91. The van der Waals surface area contributed by atoms with Crippen molar-refractivity contribution in [3.8, 4) is 0 Å². The number of allylic oxidation sites excluding steroid dienone is 1. The average molecular weight is 424 g/mol. The van der Waals surface area contributed by atoms with Crippen molar-refractivity contribution in [2.24, 2.45) is 7.05 Å². The second kappa shape index (κ2) is 7.31. The van der Waals surface area contributed by atoms with Crippen LogP contribution >= 0.6 is 0 Å². The quantitative estimate of drug-likeness (QED) is 0.546. The first-order valence-corrected chi connectivity index (χ1v) is 9.87. The molecule has 3 N–H and O–H groups in total. The number of alkyl halides is 1. The van der Waals surface area contributed by atoms with Crippen molar-refractivity contribution in [3.05, 3.63) is 65.2 Å². The van der Waals surface area contributed by atoms with E-state index in [9.17, 15) is 14.3 Å². The minimum Gasteiger partial charge on any atom is -0.466 e. The summed E-state index contributed by atoms with van der Waals surface area (Å²) in [5, 5.41) is 19.0. The number of benzene rings is 1. The number of imidazole rings is 1. The van der Waals surface area contributed by atoms with Crippen molar-refractivity contribution in [2.45, 2.75) is 30.7 Å². The first-order chi connectivity index (χ1) is 15.0. The topological polar surface area (TPSA) is 118 Å². The number of esters is 1. The van der Waals surface area contributed by atoms with E-state index >= 15 is 0 Å². The number of nitrogens with zero attached hydrogens (tertiary/aromatic N) is 4. The Morgan fingerprint density at radius 3 is 2.94 bits per heavy atom. The van der Waals surface area contributed by atoms with Gasteiger partial charge < -0.3 is 20.1 Å². The van der Waals surface area contributed by atoms with E-state index in [1.54, 1.807) is 18.1 Å². The van der Waals surface area contributed by atoms with Gasteiger partial charge in [0.2, 0.25) is 0 Å². The SMILES string of the molecule is COC(=O)C1=C2C(=CC(F)C1)NC(c1ccc3nc[nH]c3c1)C(c1ncnn1C)C2O. The van der Waals surface area contributed by atoms with Gasteiger partial charge in [0.1, 0.15) is 18.3 Å². The van der Waals surface area contributed by atoms with E-state index < -0.39 is 30.2 Å². The van der Waals surface area contributed by atoms with E-state index in [1.807, 2.05) is 18.2 Å². The summed E-state index contributed by atoms with van der Waals surface area (Å²) in [6, 6.07) is 5.26. The summed E-state index contributed by atoms with van der Waals surface area (Å²) < 4.78 is 20.9. The summed E-state index contributed by atoms with van der Waals surface area (Å²) in [6.07, 6.45) is 1.78. The standard InChI is InChI=1S/C21H21FN6O3/c1-28-20(25-9-26-28)17-18(10-3-4-13-14(5-10)24-8-23-13)27-15-7-11(22)6-12(21(30)31-2)16(15)19(17)29/h3-5,7-9,11,17-19,27,29H,6H2,1-2H3,(H,23,24). The molecule has 160 valence electrons. The Labute approximate surface area is 176 Å². The summed E-state index contributed by atoms with van der Waals surface area (Å²) in [5.41, 5.74) is 3.35. The third-order valence-corrected chi connectivity index (χ3v) is 5.95. The average Bonchev–Trinajstić information content (AvgIpc) is 3.40. The monoisotopic (exact) mass is 424 g/mol. The van der Waals surface area contributed by atoms with Crippen LogP contribution in [0.2, 0.25) is 0 Å². The van der Waals surface area contributed by atoms with E-state index in [2.05, 4.69) is 25.4 Å². The number of halogens is 1. The number of carbonyl (C=O) groups excluding carboxylic acids is 1. The molecule has 4 atom stereocenters. The molecule has 0 amide bonds. The molecular formula is C21H21FN6O3. The van der Waals surface area contributed by atoms with Crippen LogP contribution in [0.5, 0.6) is 0 Å². The van der Waals surface area contributed by atoms with E-state index in [-0.39, 0.29) is 12.0 Å². The molecule has 2 aromatic heterocycles. The summed E-state index contributed by atoms with van der Waals surface area (Å²) >= 11 is 0. The van der Waals surface area contributed by atoms with Crippen molar-refractivity contribution in [1.82, 2.24) is 30.0 Å². The second-order valence-electron chi connectivity index (χ2n) is 7.70. The molecule has 2 aliphatic rings. The van der Waals surface area contributed by atoms with Gasteiger partial charge in [-0.05, 0) is 23.8 Å². The Morgan fingerprint density at radius 1 is 1.35 bits per heavy atom. The number of aliphatic hydroxyl groups excluding tert-OH is 1. The molecule has 3 aromatic rings. The lowest BCUT2D eigenvalue weighted by Crippen LogP contribution is -2.45. The number of aliphatic hydroxyl groups is 1. The Kier molecular flexibility index (Phi) is 4.58. The van der Waals surface area contributed by atoms with Gasteiger partial charge in [-0.1, -0.05) is 6.07 Å². The molecule has 1 saturated heterocycles. The molecule has 0 bridgehead atoms. The van der Waals surface area contributed by atoms with Gasteiger partial charge in [0.15, 0.2) is 0 Å². The highest BCUT2D eigenvalue weighted by atomic mass is 19.1. The highest BCUT2D eigenvalue weighted by Gasteiger charge is 2.45. The summed E-state index contributed by atoms with van der Waals surface area (Å²) in [7, 11) is 2.98.